The van der Waals surface area contributed by atoms with E-state index in [9.17, 15) is 22.7 Å². The van der Waals surface area contributed by atoms with Gasteiger partial charge in [-0.25, -0.2) is 8.42 Å². The number of halogens is 2. The van der Waals surface area contributed by atoms with Gasteiger partial charge in [-0.1, -0.05) is 68.3 Å². The first kappa shape index (κ1) is 29.6. The van der Waals surface area contributed by atoms with Gasteiger partial charge in [0.15, 0.2) is 0 Å². The molecule has 2 aromatic rings. The fourth-order valence-corrected chi connectivity index (χ4v) is 6.78. The maximum Gasteiger partial charge on any atom is 0.243 e. The number of aliphatic hydroxyl groups excluding tert-OH is 1. The monoisotopic (exact) mass is 552 g/mol. The van der Waals surface area contributed by atoms with Gasteiger partial charge in [-0.2, -0.15) is 4.31 Å². The van der Waals surface area contributed by atoms with Gasteiger partial charge in [0.1, 0.15) is 0 Å². The van der Waals surface area contributed by atoms with Crippen molar-refractivity contribution in [2.24, 2.45) is 11.3 Å². The molecule has 1 saturated carbocycles. The summed E-state index contributed by atoms with van der Waals surface area (Å²) in [4.78, 5) is 13.5. The Morgan fingerprint density at radius 1 is 1.08 bits per heavy atom. The molecule has 1 aliphatic carbocycles. The number of rotatable bonds is 14. The minimum Gasteiger partial charge on any atom is -0.390 e. The van der Waals surface area contributed by atoms with Crippen LogP contribution in [0.1, 0.15) is 44.6 Å². The van der Waals surface area contributed by atoms with Crippen LogP contribution in [-0.2, 0) is 21.2 Å². The van der Waals surface area contributed by atoms with E-state index in [0.29, 0.717) is 12.8 Å². The van der Waals surface area contributed by atoms with Crippen molar-refractivity contribution in [1.82, 2.24) is 9.62 Å². The van der Waals surface area contributed by atoms with Gasteiger partial charge < -0.3 is 10.4 Å². The number of hydrogen-bond donors (Lipinski definition) is 2. The fraction of sp³-hybridized carbons (Fsp3) is 0.536. The molecule has 0 heterocycles. The van der Waals surface area contributed by atoms with E-state index in [1.807, 2.05) is 37.3 Å². The zero-order valence-electron chi connectivity index (χ0n) is 21.4. The van der Waals surface area contributed by atoms with Crippen LogP contribution in [0.15, 0.2) is 65.6 Å². The average Bonchev–Trinajstić information content (AvgIpc) is 3.42. The molecular weight excluding hydrogens is 515 g/mol. The van der Waals surface area contributed by atoms with Crippen molar-refractivity contribution in [2.75, 3.05) is 25.6 Å². The van der Waals surface area contributed by atoms with Crippen molar-refractivity contribution in [3.63, 3.8) is 0 Å². The quantitative estimate of drug-likeness (QED) is 0.336. The molecule has 0 aromatic heterocycles. The van der Waals surface area contributed by atoms with Crippen molar-refractivity contribution in [3.05, 3.63) is 66.2 Å². The number of amides is 1. The van der Waals surface area contributed by atoms with Crippen LogP contribution < -0.4 is 5.32 Å². The predicted molar refractivity (Wildman–Crippen MR) is 145 cm³/mol. The van der Waals surface area contributed by atoms with Crippen molar-refractivity contribution >= 4 is 27.5 Å². The van der Waals surface area contributed by atoms with Gasteiger partial charge in [-0.15, -0.1) is 11.6 Å². The van der Waals surface area contributed by atoms with Gasteiger partial charge in [0.05, 0.1) is 23.7 Å². The second-order valence-corrected chi connectivity index (χ2v) is 12.2. The maximum atomic E-state index is 13.6. The van der Waals surface area contributed by atoms with Gasteiger partial charge in [0, 0.05) is 30.3 Å². The summed E-state index contributed by atoms with van der Waals surface area (Å²) in [6, 6.07) is 16.6. The van der Waals surface area contributed by atoms with Gasteiger partial charge in [0.25, 0.3) is 0 Å². The molecule has 3 atom stereocenters. The van der Waals surface area contributed by atoms with E-state index in [1.54, 1.807) is 18.2 Å². The highest BCUT2D eigenvalue weighted by molar-refractivity contribution is 7.89. The fourth-order valence-electron chi connectivity index (χ4n) is 5.04. The van der Waals surface area contributed by atoms with E-state index in [0.717, 1.165) is 35.6 Å². The average molecular weight is 553 g/mol. The van der Waals surface area contributed by atoms with Crippen molar-refractivity contribution < 1.29 is 22.7 Å². The maximum absolute atomic E-state index is 13.6. The van der Waals surface area contributed by atoms with Crippen molar-refractivity contribution in [3.8, 4) is 0 Å². The number of aliphatic hydroxyl groups is 1. The highest BCUT2D eigenvalue weighted by atomic mass is 35.5. The van der Waals surface area contributed by atoms with Crippen LogP contribution in [0.4, 0.5) is 4.39 Å². The SMILES string of the molecule is CCC1(C(=O)N[C@@H](Cc2ccccc2)[C@H](O)CN(CC(CF)CCl)S(=O)(=O)c2ccccc2)CCCC1. The van der Waals surface area contributed by atoms with E-state index in [-0.39, 0.29) is 29.8 Å². The standard InChI is InChI=1S/C28H38ClFN2O4S/c1-2-28(15-9-10-16-28)27(34)31-25(17-22-11-5-3-6-12-22)26(33)21-32(20-23(18-29)19-30)37(35,36)24-13-7-4-8-14-24/h3-8,11-14,23,25-26,33H,2,9-10,15-21H2,1H3,(H,31,34)/t23?,25-,26+/m0/s1. The summed E-state index contributed by atoms with van der Waals surface area (Å²) in [7, 11) is -4.04. The number of carbonyl (C=O) groups excluding carboxylic acids is 1. The van der Waals surface area contributed by atoms with E-state index in [1.165, 1.54) is 12.1 Å². The first-order valence-electron chi connectivity index (χ1n) is 13.0. The number of nitrogens with zero attached hydrogens (tertiary/aromatic N) is 1. The minimum atomic E-state index is -4.04. The Kier molecular flexibility index (Phi) is 10.9. The lowest BCUT2D eigenvalue weighted by Gasteiger charge is -2.34. The summed E-state index contributed by atoms with van der Waals surface area (Å²) < 4.78 is 41.7. The molecule has 2 N–H and O–H groups in total. The Morgan fingerprint density at radius 2 is 1.68 bits per heavy atom. The summed E-state index contributed by atoms with van der Waals surface area (Å²) >= 11 is 5.91. The van der Waals surface area contributed by atoms with Crippen LogP contribution in [0, 0.1) is 11.3 Å². The van der Waals surface area contributed by atoms with Crippen molar-refractivity contribution in [1.29, 1.82) is 0 Å². The number of alkyl halides is 2. The normalized spacial score (nSPS) is 17.9. The molecule has 6 nitrogen and oxygen atoms in total. The molecular formula is C28H38ClFN2O4S. The van der Waals surface area contributed by atoms with Gasteiger partial charge >= 0.3 is 0 Å². The molecule has 0 saturated heterocycles. The van der Waals surface area contributed by atoms with Crippen LogP contribution >= 0.6 is 11.6 Å². The topological polar surface area (TPSA) is 86.7 Å². The third kappa shape index (κ3) is 7.53. The molecule has 37 heavy (non-hydrogen) atoms. The second-order valence-electron chi connectivity index (χ2n) is 9.99. The number of carbonyl (C=O) groups is 1. The third-order valence-electron chi connectivity index (χ3n) is 7.47. The van der Waals surface area contributed by atoms with Gasteiger partial charge in [0.2, 0.25) is 15.9 Å². The Hall–Kier alpha value is -2.00. The summed E-state index contributed by atoms with van der Waals surface area (Å²) in [5.74, 6) is -0.889. The summed E-state index contributed by atoms with van der Waals surface area (Å²) in [5, 5.41) is 14.5. The first-order valence-corrected chi connectivity index (χ1v) is 14.9. The Bertz CT molecular complexity index is 1080. The summed E-state index contributed by atoms with van der Waals surface area (Å²) in [6.45, 7) is 0.731. The Balaban J connectivity index is 1.89. The number of hydrogen-bond acceptors (Lipinski definition) is 4. The van der Waals surface area contributed by atoms with Crippen LogP contribution in [0.3, 0.4) is 0 Å². The molecule has 0 spiro atoms. The lowest BCUT2D eigenvalue weighted by Crippen LogP contribution is -2.54. The molecule has 0 radical (unpaired) electrons. The molecule has 9 heteroatoms. The van der Waals surface area contributed by atoms with Crippen LogP contribution in [-0.4, -0.2) is 61.5 Å². The minimum absolute atomic E-state index is 0.0499. The molecule has 0 bridgehead atoms. The lowest BCUT2D eigenvalue weighted by atomic mass is 9.82. The van der Waals surface area contributed by atoms with Gasteiger partial charge in [-0.05, 0) is 43.4 Å². The highest BCUT2D eigenvalue weighted by Gasteiger charge is 2.41. The third-order valence-corrected chi connectivity index (χ3v) is 9.75. The Labute approximate surface area is 225 Å². The van der Waals surface area contributed by atoms with Crippen LogP contribution in [0.5, 0.6) is 0 Å². The molecule has 1 amide bonds. The number of sulfonamides is 1. The van der Waals surface area contributed by atoms with Crippen LogP contribution in [0.2, 0.25) is 0 Å². The molecule has 1 fully saturated rings. The second kappa shape index (κ2) is 13.7. The number of nitrogens with one attached hydrogen (secondary N) is 1. The molecule has 3 rings (SSSR count). The smallest absolute Gasteiger partial charge is 0.243 e. The zero-order valence-corrected chi connectivity index (χ0v) is 22.9. The highest BCUT2D eigenvalue weighted by Crippen LogP contribution is 2.41. The lowest BCUT2D eigenvalue weighted by molar-refractivity contribution is -0.132. The van der Waals surface area contributed by atoms with Gasteiger partial charge in [-0.3, -0.25) is 9.18 Å². The summed E-state index contributed by atoms with van der Waals surface area (Å²) in [6.07, 6.45) is 3.37. The molecule has 1 unspecified atom stereocenters. The molecule has 1 aliphatic rings. The summed E-state index contributed by atoms with van der Waals surface area (Å²) in [5.41, 5.74) is 0.436. The molecule has 0 aliphatic heterocycles. The molecule has 2 aromatic carbocycles. The van der Waals surface area contributed by atoms with Crippen molar-refractivity contribution in [2.45, 2.75) is 62.5 Å². The van der Waals surface area contributed by atoms with Crippen LogP contribution in [0.25, 0.3) is 0 Å². The van der Waals surface area contributed by atoms with E-state index in [2.05, 4.69) is 5.32 Å². The zero-order chi connectivity index (χ0) is 26.9. The van der Waals surface area contributed by atoms with E-state index >= 15 is 0 Å². The predicted octanol–water partition coefficient (Wildman–Crippen LogP) is 4.56. The Morgan fingerprint density at radius 3 is 2.22 bits per heavy atom. The van der Waals surface area contributed by atoms with E-state index < -0.39 is 40.2 Å². The largest absolute Gasteiger partial charge is 0.390 e. The first-order chi connectivity index (χ1) is 17.8. The van der Waals surface area contributed by atoms with E-state index in [4.69, 9.17) is 11.6 Å². The number of benzene rings is 2. The molecule has 204 valence electrons.